The van der Waals surface area contributed by atoms with E-state index in [0.717, 1.165) is 0 Å². The Morgan fingerprint density at radius 2 is 1.93 bits per heavy atom. The highest BCUT2D eigenvalue weighted by Crippen LogP contribution is 2.29. The lowest BCUT2D eigenvalue weighted by Crippen LogP contribution is -2.24. The average Bonchev–Trinajstić information content (AvgIpc) is 2.46. The Labute approximate surface area is 88.9 Å². The van der Waals surface area contributed by atoms with Crippen LogP contribution in [0.25, 0.3) is 0 Å². The molecule has 0 saturated carbocycles. The van der Waals surface area contributed by atoms with Gasteiger partial charge in [0.05, 0.1) is 0 Å². The molecular weight excluding hydrogens is 229 g/mol. The van der Waals surface area contributed by atoms with E-state index in [0.29, 0.717) is 6.54 Å². The Morgan fingerprint density at radius 3 is 2.40 bits per heavy atom. The van der Waals surface area contributed by atoms with Crippen molar-refractivity contribution in [2.75, 3.05) is 5.75 Å². The van der Waals surface area contributed by atoms with Crippen LogP contribution in [0.4, 0.5) is 13.2 Å². The molecule has 1 aromatic heterocycles. The van der Waals surface area contributed by atoms with Crippen LogP contribution in [0.2, 0.25) is 0 Å². The minimum absolute atomic E-state index is 0.0794. The summed E-state index contributed by atoms with van der Waals surface area (Å²) in [6.07, 6.45) is 3.07. The molecule has 0 unspecified atom stereocenters. The first-order valence-electron chi connectivity index (χ1n) is 4.40. The van der Waals surface area contributed by atoms with Crippen molar-refractivity contribution in [3.63, 3.8) is 0 Å². The van der Waals surface area contributed by atoms with Gasteiger partial charge in [0.1, 0.15) is 0 Å². The molecule has 86 valence electrons. The number of alkyl halides is 3. The molecule has 0 saturated heterocycles. The van der Waals surface area contributed by atoms with Crippen molar-refractivity contribution >= 4 is 11.8 Å². The molecule has 0 aromatic carbocycles. The zero-order valence-corrected chi connectivity index (χ0v) is 8.94. The monoisotopic (exact) mass is 240 g/mol. The summed E-state index contributed by atoms with van der Waals surface area (Å²) >= 11 is -0.115. The van der Waals surface area contributed by atoms with Crippen molar-refractivity contribution in [2.45, 2.75) is 25.5 Å². The van der Waals surface area contributed by atoms with Crippen LogP contribution in [0.15, 0.2) is 17.2 Å². The van der Waals surface area contributed by atoms with Crippen LogP contribution in [0, 0.1) is 0 Å². The fourth-order valence-electron chi connectivity index (χ4n) is 1.12. The van der Waals surface area contributed by atoms with Crippen LogP contribution in [0.1, 0.15) is 6.92 Å². The first-order valence-corrected chi connectivity index (χ1v) is 5.39. The molecule has 3 nitrogen and oxygen atoms in total. The Hall–Kier alpha value is -0.850. The van der Waals surface area contributed by atoms with Gasteiger partial charge in [0, 0.05) is 31.2 Å². The molecule has 0 aliphatic rings. The Morgan fingerprint density at radius 1 is 1.33 bits per heavy atom. The quantitative estimate of drug-likeness (QED) is 0.804. The number of thioether (sulfide) groups is 1. The van der Waals surface area contributed by atoms with E-state index >= 15 is 0 Å². The number of imidazole rings is 1. The van der Waals surface area contributed by atoms with E-state index in [1.807, 2.05) is 0 Å². The molecule has 7 heteroatoms. The third-order valence-electron chi connectivity index (χ3n) is 1.86. The predicted octanol–water partition coefficient (Wildman–Crippen LogP) is 1.92. The Kier molecular flexibility index (Phi) is 3.90. The molecule has 1 heterocycles. The number of halogens is 3. The molecule has 0 amide bonds. The van der Waals surface area contributed by atoms with E-state index in [1.165, 1.54) is 15.3 Å². The standard InChI is InChI=1S/C8H11F3N2OS/c1-2-12-3-4-13(7(12)14)5-6-15-8(9,10)11/h3-4H,2,5-6H2,1H3. The van der Waals surface area contributed by atoms with Crippen LogP contribution in [0.3, 0.4) is 0 Å². The van der Waals surface area contributed by atoms with E-state index in [2.05, 4.69) is 0 Å². The third-order valence-corrected chi connectivity index (χ3v) is 2.57. The summed E-state index contributed by atoms with van der Waals surface area (Å²) in [7, 11) is 0. The Balaban J connectivity index is 2.52. The zero-order valence-electron chi connectivity index (χ0n) is 8.12. The molecule has 0 aliphatic carbocycles. The van der Waals surface area contributed by atoms with Crippen LogP contribution in [-0.4, -0.2) is 20.4 Å². The topological polar surface area (TPSA) is 26.9 Å². The molecule has 0 atom stereocenters. The number of hydrogen-bond acceptors (Lipinski definition) is 2. The largest absolute Gasteiger partial charge is 0.441 e. The Bertz CT molecular complexity index is 369. The van der Waals surface area contributed by atoms with Crippen LogP contribution in [-0.2, 0) is 13.1 Å². The maximum atomic E-state index is 11.8. The van der Waals surface area contributed by atoms with Gasteiger partial charge < -0.3 is 0 Å². The molecule has 0 aliphatic heterocycles. The van der Waals surface area contributed by atoms with Crippen LogP contribution < -0.4 is 5.69 Å². The molecule has 0 spiro atoms. The lowest BCUT2D eigenvalue weighted by Gasteiger charge is -2.05. The summed E-state index contributed by atoms with van der Waals surface area (Å²) in [5, 5.41) is 0. The van der Waals surface area contributed by atoms with Gasteiger partial charge in [0.25, 0.3) is 0 Å². The van der Waals surface area contributed by atoms with Crippen molar-refractivity contribution in [3.8, 4) is 0 Å². The lowest BCUT2D eigenvalue weighted by molar-refractivity contribution is -0.0328. The van der Waals surface area contributed by atoms with Crippen molar-refractivity contribution in [1.82, 2.24) is 9.13 Å². The van der Waals surface area contributed by atoms with E-state index < -0.39 is 5.51 Å². The van der Waals surface area contributed by atoms with E-state index in [9.17, 15) is 18.0 Å². The van der Waals surface area contributed by atoms with Gasteiger partial charge in [0.15, 0.2) is 0 Å². The molecular formula is C8H11F3N2OS. The second-order valence-electron chi connectivity index (χ2n) is 2.85. The van der Waals surface area contributed by atoms with Gasteiger partial charge >= 0.3 is 11.2 Å². The van der Waals surface area contributed by atoms with E-state index in [1.54, 1.807) is 13.1 Å². The predicted molar refractivity (Wildman–Crippen MR) is 52.9 cm³/mol. The summed E-state index contributed by atoms with van der Waals surface area (Å²) < 4.78 is 38.1. The number of nitrogens with zero attached hydrogens (tertiary/aromatic N) is 2. The molecule has 0 fully saturated rings. The van der Waals surface area contributed by atoms with Crippen molar-refractivity contribution in [3.05, 3.63) is 22.9 Å². The third kappa shape index (κ3) is 3.65. The van der Waals surface area contributed by atoms with Gasteiger partial charge in [-0.2, -0.15) is 13.2 Å². The summed E-state index contributed by atoms with van der Waals surface area (Å²) in [5.74, 6) is -0.142. The minimum atomic E-state index is -4.23. The van der Waals surface area contributed by atoms with Crippen molar-refractivity contribution in [2.24, 2.45) is 0 Å². The summed E-state index contributed by atoms with van der Waals surface area (Å²) in [5.41, 5.74) is -4.49. The molecule has 1 aromatic rings. The molecule has 0 radical (unpaired) electrons. The van der Waals surface area contributed by atoms with Gasteiger partial charge in [0.2, 0.25) is 0 Å². The average molecular weight is 240 g/mol. The number of aryl methyl sites for hydroxylation is 2. The second-order valence-corrected chi connectivity index (χ2v) is 4.01. The minimum Gasteiger partial charge on any atom is -0.300 e. The fourth-order valence-corrected chi connectivity index (χ4v) is 1.64. The molecule has 0 bridgehead atoms. The van der Waals surface area contributed by atoms with Crippen LogP contribution in [0.5, 0.6) is 0 Å². The van der Waals surface area contributed by atoms with Crippen molar-refractivity contribution < 1.29 is 13.2 Å². The first-order chi connectivity index (χ1) is 6.94. The lowest BCUT2D eigenvalue weighted by atomic mass is 10.7. The highest BCUT2D eigenvalue weighted by Gasteiger charge is 2.27. The summed E-state index contributed by atoms with van der Waals surface area (Å²) in [4.78, 5) is 11.4. The normalized spacial score (nSPS) is 12.0. The highest BCUT2D eigenvalue weighted by molar-refractivity contribution is 8.00. The molecule has 0 N–H and O–H groups in total. The van der Waals surface area contributed by atoms with Gasteiger partial charge in [-0.25, -0.2) is 4.79 Å². The summed E-state index contributed by atoms with van der Waals surface area (Å²) in [6, 6.07) is 0. The number of rotatable bonds is 4. The van der Waals surface area contributed by atoms with E-state index in [4.69, 9.17) is 0 Å². The maximum Gasteiger partial charge on any atom is 0.441 e. The van der Waals surface area contributed by atoms with E-state index in [-0.39, 0.29) is 29.7 Å². The number of hydrogen-bond donors (Lipinski definition) is 0. The summed E-state index contributed by atoms with van der Waals surface area (Å²) in [6.45, 7) is 2.41. The SMILES string of the molecule is CCn1ccn(CCSC(F)(F)F)c1=O. The van der Waals surface area contributed by atoms with Gasteiger partial charge in [-0.15, -0.1) is 0 Å². The first kappa shape index (κ1) is 12.2. The number of aromatic nitrogens is 2. The zero-order chi connectivity index (χ0) is 11.5. The fraction of sp³-hybridized carbons (Fsp3) is 0.625. The highest BCUT2D eigenvalue weighted by atomic mass is 32.2. The molecule has 15 heavy (non-hydrogen) atoms. The molecule has 1 rings (SSSR count). The second kappa shape index (κ2) is 4.78. The van der Waals surface area contributed by atoms with Gasteiger partial charge in [-0.1, -0.05) is 0 Å². The van der Waals surface area contributed by atoms with Gasteiger partial charge in [-0.05, 0) is 18.7 Å². The smallest absolute Gasteiger partial charge is 0.300 e. The maximum absolute atomic E-state index is 11.8. The van der Waals surface area contributed by atoms with Gasteiger partial charge in [-0.3, -0.25) is 9.13 Å². The van der Waals surface area contributed by atoms with Crippen LogP contribution >= 0.6 is 11.8 Å². The van der Waals surface area contributed by atoms with Crippen molar-refractivity contribution in [1.29, 1.82) is 0 Å².